The summed E-state index contributed by atoms with van der Waals surface area (Å²) in [5.41, 5.74) is -1.30. The number of hydrogen-bond acceptors (Lipinski definition) is 6. The molecule has 2 N–H and O–H groups in total. The number of ether oxygens (including phenoxy) is 2. The van der Waals surface area contributed by atoms with Crippen molar-refractivity contribution < 1.29 is 24.5 Å². The summed E-state index contributed by atoms with van der Waals surface area (Å²) in [7, 11) is 1.61. The predicted octanol–water partition coefficient (Wildman–Crippen LogP) is 3.24. The molecule has 1 aliphatic carbocycles. The molecule has 1 aliphatic heterocycles. The van der Waals surface area contributed by atoms with Gasteiger partial charge in [-0.2, -0.15) is 0 Å². The molecule has 8 nitrogen and oxygen atoms in total. The van der Waals surface area contributed by atoms with Crippen LogP contribution >= 0.6 is 11.6 Å². The Morgan fingerprint density at radius 2 is 2.06 bits per heavy atom. The van der Waals surface area contributed by atoms with E-state index in [9.17, 15) is 19.8 Å². The molecule has 0 radical (unpaired) electrons. The molecule has 1 fully saturated rings. The van der Waals surface area contributed by atoms with Crippen molar-refractivity contribution >= 4 is 17.6 Å². The van der Waals surface area contributed by atoms with E-state index in [1.807, 2.05) is 13.8 Å². The molecule has 166 valence electrons. The number of nitrogens with zero attached hydrogens (tertiary/aromatic N) is 2. The van der Waals surface area contributed by atoms with Gasteiger partial charge in [-0.15, -0.1) is 0 Å². The van der Waals surface area contributed by atoms with Crippen LogP contribution in [0.3, 0.4) is 0 Å². The van der Waals surface area contributed by atoms with Gasteiger partial charge in [-0.05, 0) is 24.3 Å². The minimum absolute atomic E-state index is 0.108. The van der Waals surface area contributed by atoms with Crippen molar-refractivity contribution in [3.05, 3.63) is 44.8 Å². The van der Waals surface area contributed by atoms with E-state index >= 15 is 0 Å². The quantitative estimate of drug-likeness (QED) is 0.515. The Kier molecular flexibility index (Phi) is 5.36. The van der Waals surface area contributed by atoms with Crippen LogP contribution in [0.15, 0.2) is 23.1 Å². The number of pyridine rings is 2. The Bertz CT molecular complexity index is 1110. The number of carbonyl (C=O) groups is 1. The Morgan fingerprint density at radius 1 is 1.32 bits per heavy atom. The summed E-state index contributed by atoms with van der Waals surface area (Å²) in [6, 6.07) is 2.48. The lowest BCUT2D eigenvalue weighted by atomic mass is 9.76. The van der Waals surface area contributed by atoms with Crippen LogP contribution < -0.4 is 10.2 Å². The summed E-state index contributed by atoms with van der Waals surface area (Å²) in [6.07, 6.45) is 3.14. The van der Waals surface area contributed by atoms with E-state index in [1.165, 1.54) is 12.3 Å². The molecule has 4 rings (SSSR count). The summed E-state index contributed by atoms with van der Waals surface area (Å²) in [5.74, 6) is -0.956. The highest BCUT2D eigenvalue weighted by molar-refractivity contribution is 6.31. The van der Waals surface area contributed by atoms with Gasteiger partial charge >= 0.3 is 5.97 Å². The number of hydrogen-bond donors (Lipinski definition) is 2. The Hall–Kier alpha value is -2.42. The fourth-order valence-electron chi connectivity index (χ4n) is 4.92. The van der Waals surface area contributed by atoms with Crippen molar-refractivity contribution in [3.63, 3.8) is 0 Å². The number of fused-ring (bicyclic) bond motifs is 6. The van der Waals surface area contributed by atoms with E-state index in [0.717, 1.165) is 0 Å². The molecule has 1 saturated carbocycles. The average Bonchev–Trinajstić information content (AvgIpc) is 2.96. The molecule has 0 aromatic carbocycles. The molecule has 0 spiro atoms. The predicted molar refractivity (Wildman–Crippen MR) is 114 cm³/mol. The van der Waals surface area contributed by atoms with Gasteiger partial charge in [0.1, 0.15) is 11.2 Å². The van der Waals surface area contributed by atoms with Crippen LogP contribution in [0.2, 0.25) is 5.15 Å². The van der Waals surface area contributed by atoms with Gasteiger partial charge in [0.2, 0.25) is 0 Å². The molecule has 1 unspecified atom stereocenters. The van der Waals surface area contributed by atoms with E-state index in [-0.39, 0.29) is 16.1 Å². The number of carboxylic acid groups (broad SMARTS) is 1. The van der Waals surface area contributed by atoms with Crippen LogP contribution in [0.4, 0.5) is 0 Å². The zero-order chi connectivity index (χ0) is 22.6. The van der Waals surface area contributed by atoms with Crippen molar-refractivity contribution in [2.45, 2.75) is 44.8 Å². The molecule has 2 aromatic heterocycles. The van der Waals surface area contributed by atoms with E-state index in [2.05, 4.69) is 4.98 Å². The Morgan fingerprint density at radius 3 is 2.74 bits per heavy atom. The number of aromatic carboxylic acids is 1. The molecular formula is C22H25ClN2O6. The third-order valence-corrected chi connectivity index (χ3v) is 6.61. The number of halogens is 1. The van der Waals surface area contributed by atoms with Gasteiger partial charge in [-0.25, -0.2) is 9.78 Å². The van der Waals surface area contributed by atoms with Crippen LogP contribution in [0.25, 0.3) is 11.4 Å². The average molecular weight is 449 g/mol. The lowest BCUT2D eigenvalue weighted by molar-refractivity contribution is -0.0221. The third kappa shape index (κ3) is 3.43. The molecular weight excluding hydrogens is 424 g/mol. The smallest absolute Gasteiger partial charge is 0.341 e. The highest BCUT2D eigenvalue weighted by Gasteiger charge is 2.57. The van der Waals surface area contributed by atoms with Crippen molar-refractivity contribution in [3.8, 4) is 17.1 Å². The van der Waals surface area contributed by atoms with Gasteiger partial charge in [0.15, 0.2) is 16.3 Å². The van der Waals surface area contributed by atoms with Gasteiger partial charge in [0.05, 0.1) is 24.0 Å². The zero-order valence-corrected chi connectivity index (χ0v) is 18.4. The molecule has 3 heterocycles. The Labute approximate surface area is 184 Å². The molecule has 2 aromatic rings. The standard InChI is InChI=1S/C22H25ClN2O6/c1-21(2)5-6-22(29)13-9-16(31-8-4-7-30-3)18(23)24-17(13)14-10-15(26)12(19(27)28)11-25(14)20(21)22/h9-11,20,29H,4-8H2,1-3H3,(H,27,28)/t20-,22?/m1/s1. The summed E-state index contributed by atoms with van der Waals surface area (Å²) in [4.78, 5) is 28.5. The maximum absolute atomic E-state index is 12.5. The van der Waals surface area contributed by atoms with Crippen molar-refractivity contribution in [1.82, 2.24) is 9.55 Å². The van der Waals surface area contributed by atoms with E-state index in [0.29, 0.717) is 55.2 Å². The third-order valence-electron chi connectivity index (χ3n) is 6.33. The van der Waals surface area contributed by atoms with Crippen LogP contribution in [0.1, 0.15) is 55.1 Å². The first-order valence-electron chi connectivity index (χ1n) is 10.1. The second kappa shape index (κ2) is 7.62. The zero-order valence-electron chi connectivity index (χ0n) is 17.6. The minimum Gasteiger partial charge on any atom is -0.490 e. The minimum atomic E-state index is -1.31. The largest absolute Gasteiger partial charge is 0.490 e. The highest BCUT2D eigenvalue weighted by atomic mass is 35.5. The first-order chi connectivity index (χ1) is 14.6. The number of rotatable bonds is 6. The fraction of sp³-hybridized carbons (Fsp3) is 0.500. The summed E-state index contributed by atoms with van der Waals surface area (Å²) in [6.45, 7) is 4.96. The summed E-state index contributed by atoms with van der Waals surface area (Å²) in [5, 5.41) is 21.4. The maximum Gasteiger partial charge on any atom is 0.341 e. The van der Waals surface area contributed by atoms with E-state index < -0.39 is 23.0 Å². The highest BCUT2D eigenvalue weighted by Crippen LogP contribution is 2.61. The normalized spacial score (nSPS) is 23.1. The first kappa shape index (κ1) is 21.8. The first-order valence-corrected chi connectivity index (χ1v) is 10.5. The topological polar surface area (TPSA) is 111 Å². The molecule has 0 bridgehead atoms. The van der Waals surface area contributed by atoms with Gasteiger partial charge in [-0.1, -0.05) is 25.4 Å². The lowest BCUT2D eigenvalue weighted by Crippen LogP contribution is -2.43. The van der Waals surface area contributed by atoms with Gasteiger partial charge in [0.25, 0.3) is 0 Å². The summed E-state index contributed by atoms with van der Waals surface area (Å²) < 4.78 is 12.5. The number of aromatic nitrogens is 2. The van der Waals surface area contributed by atoms with Gasteiger partial charge < -0.3 is 24.3 Å². The van der Waals surface area contributed by atoms with Crippen molar-refractivity contribution in [2.75, 3.05) is 20.3 Å². The van der Waals surface area contributed by atoms with Crippen LogP contribution in [-0.2, 0) is 10.3 Å². The SMILES string of the molecule is COCCCOc1cc2c(nc1Cl)-c1cc(=O)c(C(=O)O)cn1[C@@H]1C(C)(C)CCC21O. The van der Waals surface area contributed by atoms with Gasteiger partial charge in [0, 0.05) is 38.0 Å². The molecule has 9 heteroatoms. The second-order valence-corrected chi connectivity index (χ2v) is 9.19. The second-order valence-electron chi connectivity index (χ2n) is 8.83. The lowest BCUT2D eigenvalue weighted by Gasteiger charge is -2.44. The number of carboxylic acids is 1. The number of aliphatic hydroxyl groups is 1. The van der Waals surface area contributed by atoms with Crippen molar-refractivity contribution in [1.29, 1.82) is 0 Å². The molecule has 2 aliphatic rings. The van der Waals surface area contributed by atoms with Crippen LogP contribution in [-0.4, -0.2) is 46.1 Å². The maximum atomic E-state index is 12.5. The Balaban J connectivity index is 1.92. The molecule has 0 saturated heterocycles. The van der Waals surface area contributed by atoms with Gasteiger partial charge in [-0.3, -0.25) is 4.79 Å². The van der Waals surface area contributed by atoms with Crippen molar-refractivity contribution in [2.24, 2.45) is 5.41 Å². The summed E-state index contributed by atoms with van der Waals surface area (Å²) >= 11 is 6.38. The van der Waals surface area contributed by atoms with E-state index in [1.54, 1.807) is 17.7 Å². The van der Waals surface area contributed by atoms with Crippen LogP contribution in [0.5, 0.6) is 5.75 Å². The van der Waals surface area contributed by atoms with Crippen LogP contribution in [0, 0.1) is 5.41 Å². The molecule has 0 amide bonds. The number of methoxy groups -OCH3 is 1. The molecule has 2 atom stereocenters. The molecule has 31 heavy (non-hydrogen) atoms. The fourth-order valence-corrected chi connectivity index (χ4v) is 5.11. The van der Waals surface area contributed by atoms with E-state index in [4.69, 9.17) is 21.1 Å². The monoisotopic (exact) mass is 448 g/mol.